The SMILES string of the molecule is N#Cc1c[nH]c2nccc(Br)c12. The molecule has 0 saturated carbocycles. The van der Waals surface area contributed by atoms with Crippen LogP contribution in [0.5, 0.6) is 0 Å². The van der Waals surface area contributed by atoms with E-state index in [1.54, 1.807) is 12.4 Å². The van der Waals surface area contributed by atoms with Crippen LogP contribution in [0, 0.1) is 11.3 Å². The van der Waals surface area contributed by atoms with Crippen molar-refractivity contribution in [2.45, 2.75) is 0 Å². The van der Waals surface area contributed by atoms with Gasteiger partial charge in [0.2, 0.25) is 0 Å². The minimum Gasteiger partial charge on any atom is -0.345 e. The Morgan fingerprint density at radius 3 is 3.17 bits per heavy atom. The first kappa shape index (κ1) is 7.32. The maximum absolute atomic E-state index is 8.73. The predicted octanol–water partition coefficient (Wildman–Crippen LogP) is 2.20. The minimum absolute atomic E-state index is 0.616. The minimum atomic E-state index is 0.616. The molecule has 58 valence electrons. The van der Waals surface area contributed by atoms with Crippen molar-refractivity contribution >= 4 is 27.0 Å². The third-order valence-corrected chi connectivity index (χ3v) is 2.30. The number of halogens is 1. The Balaban J connectivity index is 2.95. The highest BCUT2D eigenvalue weighted by Crippen LogP contribution is 2.24. The van der Waals surface area contributed by atoms with Gasteiger partial charge in [-0.25, -0.2) is 4.98 Å². The van der Waals surface area contributed by atoms with Crippen molar-refractivity contribution in [2.75, 3.05) is 0 Å². The summed E-state index contributed by atoms with van der Waals surface area (Å²) in [5.74, 6) is 0. The van der Waals surface area contributed by atoms with Gasteiger partial charge in [-0.15, -0.1) is 0 Å². The summed E-state index contributed by atoms with van der Waals surface area (Å²) < 4.78 is 0.894. The fraction of sp³-hybridized carbons (Fsp3) is 0. The van der Waals surface area contributed by atoms with Gasteiger partial charge in [-0.2, -0.15) is 5.26 Å². The average molecular weight is 222 g/mol. The first-order valence-electron chi connectivity index (χ1n) is 3.34. The van der Waals surface area contributed by atoms with E-state index in [-0.39, 0.29) is 0 Å². The molecule has 2 aromatic heterocycles. The number of nitrogens with one attached hydrogen (secondary N) is 1. The third-order valence-electron chi connectivity index (χ3n) is 1.64. The Kier molecular flexibility index (Phi) is 1.59. The molecule has 2 aromatic rings. The fourth-order valence-corrected chi connectivity index (χ4v) is 1.62. The van der Waals surface area contributed by atoms with Crippen LogP contribution in [0.3, 0.4) is 0 Å². The van der Waals surface area contributed by atoms with Gasteiger partial charge in [-0.1, -0.05) is 0 Å². The normalized spacial score (nSPS) is 10.0. The van der Waals surface area contributed by atoms with Crippen molar-refractivity contribution < 1.29 is 0 Å². The average Bonchev–Trinajstić information content (AvgIpc) is 2.49. The zero-order valence-corrected chi connectivity index (χ0v) is 7.59. The Hall–Kier alpha value is -1.34. The summed E-state index contributed by atoms with van der Waals surface area (Å²) in [5, 5.41) is 9.58. The molecule has 0 spiro atoms. The number of nitriles is 1. The molecule has 0 aliphatic heterocycles. The summed E-state index contributed by atoms with van der Waals surface area (Å²) in [4.78, 5) is 6.99. The third kappa shape index (κ3) is 0.908. The highest BCUT2D eigenvalue weighted by atomic mass is 79.9. The molecule has 1 N–H and O–H groups in total. The van der Waals surface area contributed by atoms with Gasteiger partial charge >= 0.3 is 0 Å². The zero-order chi connectivity index (χ0) is 8.55. The van der Waals surface area contributed by atoms with Gasteiger partial charge in [0.15, 0.2) is 0 Å². The summed E-state index contributed by atoms with van der Waals surface area (Å²) in [6, 6.07) is 3.91. The maximum Gasteiger partial charge on any atom is 0.139 e. The summed E-state index contributed by atoms with van der Waals surface area (Å²) in [6.07, 6.45) is 3.34. The second-order valence-electron chi connectivity index (χ2n) is 2.33. The van der Waals surface area contributed by atoms with Crippen molar-refractivity contribution in [1.82, 2.24) is 9.97 Å². The summed E-state index contributed by atoms with van der Waals surface area (Å²) >= 11 is 3.36. The van der Waals surface area contributed by atoms with E-state index in [4.69, 9.17) is 5.26 Å². The van der Waals surface area contributed by atoms with Crippen molar-refractivity contribution in [3.63, 3.8) is 0 Å². The van der Waals surface area contributed by atoms with Crippen molar-refractivity contribution in [3.8, 4) is 6.07 Å². The van der Waals surface area contributed by atoms with Gasteiger partial charge < -0.3 is 4.98 Å². The standard InChI is InChI=1S/C8H4BrN3/c9-6-1-2-11-8-7(6)5(3-10)4-12-8/h1-2,4H,(H,11,12). The monoisotopic (exact) mass is 221 g/mol. The van der Waals surface area contributed by atoms with Crippen LogP contribution >= 0.6 is 15.9 Å². The first-order chi connectivity index (χ1) is 5.83. The Bertz CT molecular complexity index is 467. The van der Waals surface area contributed by atoms with Crippen LogP contribution in [0.2, 0.25) is 0 Å². The van der Waals surface area contributed by atoms with Crippen molar-refractivity contribution in [2.24, 2.45) is 0 Å². The molecule has 0 saturated heterocycles. The van der Waals surface area contributed by atoms with Crippen LogP contribution in [0.15, 0.2) is 22.9 Å². The molecule has 0 aliphatic carbocycles. The molecule has 0 fully saturated rings. The van der Waals surface area contributed by atoms with E-state index in [9.17, 15) is 0 Å². The Morgan fingerprint density at radius 1 is 1.58 bits per heavy atom. The Morgan fingerprint density at radius 2 is 2.42 bits per heavy atom. The number of aromatic nitrogens is 2. The highest BCUT2D eigenvalue weighted by Gasteiger charge is 2.06. The number of rotatable bonds is 0. The number of aromatic amines is 1. The lowest BCUT2D eigenvalue weighted by atomic mass is 10.2. The predicted molar refractivity (Wildman–Crippen MR) is 48.5 cm³/mol. The van der Waals surface area contributed by atoms with Crippen LogP contribution in [-0.4, -0.2) is 9.97 Å². The molecule has 4 heteroatoms. The van der Waals surface area contributed by atoms with Crippen molar-refractivity contribution in [3.05, 3.63) is 28.5 Å². The van der Waals surface area contributed by atoms with E-state index in [2.05, 4.69) is 32.0 Å². The van der Waals surface area contributed by atoms with Gasteiger partial charge in [-0.05, 0) is 22.0 Å². The quantitative estimate of drug-likeness (QED) is 0.742. The summed E-state index contributed by atoms with van der Waals surface area (Å²) in [5.41, 5.74) is 1.35. The zero-order valence-electron chi connectivity index (χ0n) is 6.00. The van der Waals surface area contributed by atoms with Crippen LogP contribution in [0.4, 0.5) is 0 Å². The van der Waals surface area contributed by atoms with Gasteiger partial charge in [0.1, 0.15) is 11.7 Å². The molecule has 12 heavy (non-hydrogen) atoms. The summed E-state index contributed by atoms with van der Waals surface area (Å²) in [7, 11) is 0. The molecular weight excluding hydrogens is 218 g/mol. The van der Waals surface area contributed by atoms with Gasteiger partial charge in [-0.3, -0.25) is 0 Å². The van der Waals surface area contributed by atoms with E-state index in [1.807, 2.05) is 6.07 Å². The maximum atomic E-state index is 8.73. The fourth-order valence-electron chi connectivity index (χ4n) is 1.10. The second kappa shape index (κ2) is 2.61. The van der Waals surface area contributed by atoms with Crippen molar-refractivity contribution in [1.29, 1.82) is 5.26 Å². The van der Waals surface area contributed by atoms with Crippen LogP contribution in [-0.2, 0) is 0 Å². The molecule has 0 aliphatic rings. The lowest BCUT2D eigenvalue weighted by molar-refractivity contribution is 1.32. The van der Waals surface area contributed by atoms with Crippen LogP contribution < -0.4 is 0 Å². The van der Waals surface area contributed by atoms with Gasteiger partial charge in [0, 0.05) is 16.9 Å². The molecule has 3 nitrogen and oxygen atoms in total. The Labute approximate surface area is 77.2 Å². The van der Waals surface area contributed by atoms with E-state index in [1.165, 1.54) is 0 Å². The van der Waals surface area contributed by atoms with Crippen LogP contribution in [0.25, 0.3) is 11.0 Å². The largest absolute Gasteiger partial charge is 0.345 e. The molecule has 0 aromatic carbocycles. The van der Waals surface area contributed by atoms with E-state index in [0.717, 1.165) is 15.5 Å². The van der Waals surface area contributed by atoms with Gasteiger partial charge in [0.25, 0.3) is 0 Å². The second-order valence-corrected chi connectivity index (χ2v) is 3.18. The molecule has 2 rings (SSSR count). The lowest BCUT2D eigenvalue weighted by Crippen LogP contribution is -1.76. The highest BCUT2D eigenvalue weighted by molar-refractivity contribution is 9.10. The number of hydrogen-bond donors (Lipinski definition) is 1. The lowest BCUT2D eigenvalue weighted by Gasteiger charge is -1.91. The van der Waals surface area contributed by atoms with E-state index < -0.39 is 0 Å². The van der Waals surface area contributed by atoms with Crippen LogP contribution in [0.1, 0.15) is 5.56 Å². The number of nitrogens with zero attached hydrogens (tertiary/aromatic N) is 2. The number of H-pyrrole nitrogens is 1. The first-order valence-corrected chi connectivity index (χ1v) is 4.14. The number of hydrogen-bond acceptors (Lipinski definition) is 2. The molecule has 0 atom stereocenters. The topological polar surface area (TPSA) is 52.5 Å². The van der Waals surface area contributed by atoms with Gasteiger partial charge in [0.05, 0.1) is 10.9 Å². The number of pyridine rings is 1. The molecule has 0 radical (unpaired) electrons. The molecule has 0 bridgehead atoms. The smallest absolute Gasteiger partial charge is 0.139 e. The van der Waals surface area contributed by atoms with E-state index >= 15 is 0 Å². The van der Waals surface area contributed by atoms with E-state index in [0.29, 0.717) is 5.56 Å². The molecule has 0 amide bonds. The molecular formula is C8H4BrN3. The summed E-state index contributed by atoms with van der Waals surface area (Å²) in [6.45, 7) is 0. The molecule has 0 unspecified atom stereocenters. The molecule has 2 heterocycles. The number of fused-ring (bicyclic) bond motifs is 1.